The van der Waals surface area contributed by atoms with Crippen LogP contribution < -0.4 is 5.32 Å². The summed E-state index contributed by atoms with van der Waals surface area (Å²) in [6, 6.07) is 3.60. The van der Waals surface area contributed by atoms with Crippen LogP contribution in [0.15, 0.2) is 18.3 Å². The summed E-state index contributed by atoms with van der Waals surface area (Å²) in [7, 11) is 0. The standard InChI is InChI=1S/C15H22N2O2/c1-3-7-15(8-9-15)11-17-13-6-5-12(10-16-13)14(18)19-4-2/h5-6,10H,3-4,7-9,11H2,1-2H3,(H,16,17). The summed E-state index contributed by atoms with van der Waals surface area (Å²) < 4.78 is 4.92. The second kappa shape index (κ2) is 6.04. The van der Waals surface area contributed by atoms with Crippen LogP contribution in [0.5, 0.6) is 0 Å². The van der Waals surface area contributed by atoms with Crippen LogP contribution in [0.1, 0.15) is 49.9 Å². The van der Waals surface area contributed by atoms with Crippen LogP contribution >= 0.6 is 0 Å². The van der Waals surface area contributed by atoms with Crippen molar-refractivity contribution in [2.45, 2.75) is 39.5 Å². The molecule has 1 aliphatic carbocycles. The molecule has 4 heteroatoms. The highest BCUT2D eigenvalue weighted by Gasteiger charge is 2.41. The molecule has 19 heavy (non-hydrogen) atoms. The Bertz CT molecular complexity index is 424. The molecule has 0 aromatic carbocycles. The van der Waals surface area contributed by atoms with E-state index < -0.39 is 0 Å². The molecule has 0 unspecified atom stereocenters. The van der Waals surface area contributed by atoms with E-state index in [0.717, 1.165) is 12.4 Å². The first-order valence-electron chi connectivity index (χ1n) is 7.06. The number of rotatable bonds is 7. The number of hydrogen-bond acceptors (Lipinski definition) is 4. The molecule has 1 heterocycles. The fraction of sp³-hybridized carbons (Fsp3) is 0.600. The normalized spacial score (nSPS) is 15.9. The molecule has 1 aromatic rings. The molecule has 2 rings (SSSR count). The smallest absolute Gasteiger partial charge is 0.339 e. The van der Waals surface area contributed by atoms with Crippen LogP contribution in [0.2, 0.25) is 0 Å². The molecule has 1 aromatic heterocycles. The number of ether oxygens (including phenoxy) is 1. The Hall–Kier alpha value is -1.58. The minimum atomic E-state index is -0.314. The minimum absolute atomic E-state index is 0.314. The topological polar surface area (TPSA) is 51.2 Å². The zero-order valence-corrected chi connectivity index (χ0v) is 11.7. The van der Waals surface area contributed by atoms with Crippen molar-refractivity contribution in [3.63, 3.8) is 0 Å². The lowest BCUT2D eigenvalue weighted by atomic mass is 10.0. The first kappa shape index (κ1) is 13.8. The Morgan fingerprint density at radius 2 is 2.21 bits per heavy atom. The number of anilines is 1. The zero-order chi connectivity index (χ0) is 13.7. The van der Waals surface area contributed by atoms with Gasteiger partial charge >= 0.3 is 5.97 Å². The van der Waals surface area contributed by atoms with E-state index in [2.05, 4.69) is 17.2 Å². The lowest BCUT2D eigenvalue weighted by molar-refractivity contribution is 0.0526. The quantitative estimate of drug-likeness (QED) is 0.766. The molecule has 1 fully saturated rings. The number of nitrogens with one attached hydrogen (secondary N) is 1. The van der Waals surface area contributed by atoms with Crippen LogP contribution in [-0.2, 0) is 4.74 Å². The third kappa shape index (κ3) is 3.69. The van der Waals surface area contributed by atoms with Gasteiger partial charge < -0.3 is 10.1 Å². The Kier molecular flexibility index (Phi) is 4.40. The molecule has 0 saturated heterocycles. The van der Waals surface area contributed by atoms with Crippen molar-refractivity contribution in [3.8, 4) is 0 Å². The number of carbonyl (C=O) groups is 1. The van der Waals surface area contributed by atoms with Gasteiger partial charge in [-0.2, -0.15) is 0 Å². The minimum Gasteiger partial charge on any atom is -0.462 e. The van der Waals surface area contributed by atoms with Crippen molar-refractivity contribution in [2.24, 2.45) is 5.41 Å². The number of esters is 1. The molecule has 0 bridgehead atoms. The van der Waals surface area contributed by atoms with Crippen molar-refractivity contribution < 1.29 is 9.53 Å². The molecule has 0 amide bonds. The van der Waals surface area contributed by atoms with Gasteiger partial charge in [0.25, 0.3) is 0 Å². The second-order valence-electron chi connectivity index (χ2n) is 5.26. The third-order valence-electron chi connectivity index (χ3n) is 3.66. The van der Waals surface area contributed by atoms with E-state index in [1.165, 1.54) is 25.7 Å². The molecule has 1 aliphatic rings. The lowest BCUT2D eigenvalue weighted by Crippen LogP contribution is -2.16. The number of aromatic nitrogens is 1. The van der Waals surface area contributed by atoms with E-state index in [1.807, 2.05) is 6.07 Å². The highest BCUT2D eigenvalue weighted by atomic mass is 16.5. The summed E-state index contributed by atoms with van der Waals surface area (Å²) in [5.74, 6) is 0.515. The SMILES string of the molecule is CCCC1(CNc2ccc(C(=O)OCC)cn2)CC1. The van der Waals surface area contributed by atoms with Crippen molar-refractivity contribution in [3.05, 3.63) is 23.9 Å². The molecule has 0 radical (unpaired) electrons. The molecule has 1 saturated carbocycles. The van der Waals surface area contributed by atoms with E-state index in [4.69, 9.17) is 4.74 Å². The van der Waals surface area contributed by atoms with Gasteiger partial charge in [0, 0.05) is 12.7 Å². The van der Waals surface area contributed by atoms with Crippen LogP contribution in [0.4, 0.5) is 5.82 Å². The Labute approximate surface area is 114 Å². The van der Waals surface area contributed by atoms with Crippen LogP contribution in [0, 0.1) is 5.41 Å². The summed E-state index contributed by atoms with van der Waals surface area (Å²) in [5, 5.41) is 3.37. The Balaban J connectivity index is 1.87. The van der Waals surface area contributed by atoms with Crippen molar-refractivity contribution in [1.82, 2.24) is 4.98 Å². The average Bonchev–Trinajstić information content (AvgIpc) is 3.18. The van der Waals surface area contributed by atoms with E-state index >= 15 is 0 Å². The fourth-order valence-electron chi connectivity index (χ4n) is 2.33. The fourth-order valence-corrected chi connectivity index (χ4v) is 2.33. The molecule has 0 aliphatic heterocycles. The van der Waals surface area contributed by atoms with Gasteiger partial charge in [-0.3, -0.25) is 0 Å². The highest BCUT2D eigenvalue weighted by molar-refractivity contribution is 5.89. The van der Waals surface area contributed by atoms with Crippen LogP contribution in [0.25, 0.3) is 0 Å². The van der Waals surface area contributed by atoms with Gasteiger partial charge in [0.1, 0.15) is 5.82 Å². The summed E-state index contributed by atoms with van der Waals surface area (Å²) in [6.07, 6.45) is 6.71. The predicted molar refractivity (Wildman–Crippen MR) is 75.3 cm³/mol. The molecule has 4 nitrogen and oxygen atoms in total. The van der Waals surface area contributed by atoms with Gasteiger partial charge in [-0.15, -0.1) is 0 Å². The monoisotopic (exact) mass is 262 g/mol. The first-order valence-corrected chi connectivity index (χ1v) is 7.06. The van der Waals surface area contributed by atoms with E-state index in [-0.39, 0.29) is 5.97 Å². The van der Waals surface area contributed by atoms with E-state index in [9.17, 15) is 4.79 Å². The van der Waals surface area contributed by atoms with E-state index in [1.54, 1.807) is 19.2 Å². The van der Waals surface area contributed by atoms with Crippen molar-refractivity contribution in [1.29, 1.82) is 0 Å². The van der Waals surface area contributed by atoms with Crippen LogP contribution in [-0.4, -0.2) is 24.1 Å². The number of pyridine rings is 1. The summed E-state index contributed by atoms with van der Waals surface area (Å²) >= 11 is 0. The van der Waals surface area contributed by atoms with Gasteiger partial charge in [0.2, 0.25) is 0 Å². The summed E-state index contributed by atoms with van der Waals surface area (Å²) in [4.78, 5) is 15.7. The van der Waals surface area contributed by atoms with Gasteiger partial charge in [-0.25, -0.2) is 9.78 Å². The highest BCUT2D eigenvalue weighted by Crippen LogP contribution is 2.49. The molecule has 0 spiro atoms. The average molecular weight is 262 g/mol. The maximum absolute atomic E-state index is 11.5. The third-order valence-corrected chi connectivity index (χ3v) is 3.66. The maximum Gasteiger partial charge on any atom is 0.339 e. The van der Waals surface area contributed by atoms with Gasteiger partial charge in [-0.1, -0.05) is 13.3 Å². The second-order valence-corrected chi connectivity index (χ2v) is 5.26. The molecule has 0 atom stereocenters. The van der Waals surface area contributed by atoms with Crippen molar-refractivity contribution in [2.75, 3.05) is 18.5 Å². The largest absolute Gasteiger partial charge is 0.462 e. The van der Waals surface area contributed by atoms with Gasteiger partial charge in [0.15, 0.2) is 0 Å². The lowest BCUT2D eigenvalue weighted by Gasteiger charge is -2.15. The van der Waals surface area contributed by atoms with E-state index in [0.29, 0.717) is 17.6 Å². The zero-order valence-electron chi connectivity index (χ0n) is 11.7. The molecule has 1 N–H and O–H groups in total. The first-order chi connectivity index (χ1) is 9.19. The molecular weight excluding hydrogens is 240 g/mol. The maximum atomic E-state index is 11.5. The van der Waals surface area contributed by atoms with Gasteiger partial charge in [0.05, 0.1) is 12.2 Å². The predicted octanol–water partition coefficient (Wildman–Crippen LogP) is 3.25. The molecule has 104 valence electrons. The summed E-state index contributed by atoms with van der Waals surface area (Å²) in [6.45, 7) is 5.39. The summed E-state index contributed by atoms with van der Waals surface area (Å²) in [5.41, 5.74) is 0.998. The van der Waals surface area contributed by atoms with Gasteiger partial charge in [-0.05, 0) is 43.7 Å². The van der Waals surface area contributed by atoms with Crippen LogP contribution in [0.3, 0.4) is 0 Å². The number of hydrogen-bond donors (Lipinski definition) is 1. The molecular formula is C15H22N2O2. The number of nitrogens with zero attached hydrogens (tertiary/aromatic N) is 1. The van der Waals surface area contributed by atoms with Crippen molar-refractivity contribution >= 4 is 11.8 Å². The Morgan fingerprint density at radius 1 is 1.42 bits per heavy atom. The Morgan fingerprint density at radius 3 is 2.74 bits per heavy atom. The number of carbonyl (C=O) groups excluding carboxylic acids is 1.